The van der Waals surface area contributed by atoms with Gasteiger partial charge in [0.25, 0.3) is 5.56 Å². The van der Waals surface area contributed by atoms with Crippen LogP contribution in [0.3, 0.4) is 0 Å². The van der Waals surface area contributed by atoms with Crippen molar-refractivity contribution in [3.63, 3.8) is 0 Å². The maximum atomic E-state index is 12.6. The molecule has 2 aromatic heterocycles. The van der Waals surface area contributed by atoms with Crippen LogP contribution in [0.1, 0.15) is 35.8 Å². The summed E-state index contributed by atoms with van der Waals surface area (Å²) in [4.78, 5) is 34.6. The van der Waals surface area contributed by atoms with Crippen molar-refractivity contribution in [1.29, 1.82) is 0 Å². The lowest BCUT2D eigenvalue weighted by Crippen LogP contribution is -2.23. The molecule has 0 aliphatic heterocycles. The predicted molar refractivity (Wildman–Crippen MR) is 112 cm³/mol. The Morgan fingerprint density at radius 3 is 2.78 bits per heavy atom. The molecule has 1 atom stereocenters. The van der Waals surface area contributed by atoms with Crippen molar-refractivity contribution in [3.8, 4) is 0 Å². The summed E-state index contributed by atoms with van der Waals surface area (Å²) in [6.45, 7) is 3.82. The van der Waals surface area contributed by atoms with E-state index in [4.69, 9.17) is 0 Å². The Morgan fingerprint density at radius 2 is 2.00 bits per heavy atom. The summed E-state index contributed by atoms with van der Waals surface area (Å²) in [5.41, 5.74) is 3.00. The molecule has 27 heavy (non-hydrogen) atoms. The van der Waals surface area contributed by atoms with Gasteiger partial charge >= 0.3 is 0 Å². The number of hydrogen-bond donors (Lipinski definition) is 2. The molecule has 5 nitrogen and oxygen atoms in total. The van der Waals surface area contributed by atoms with Gasteiger partial charge in [0.2, 0.25) is 5.91 Å². The van der Waals surface area contributed by atoms with Gasteiger partial charge < -0.3 is 10.3 Å². The van der Waals surface area contributed by atoms with E-state index in [1.807, 2.05) is 38.1 Å². The SMILES string of the molecule is Cc1ccc(NC(=O)[C@@H](C)Sc2nc3sc4c(c3c(=O)[nH]2)CCCC4)cc1. The third kappa shape index (κ3) is 3.80. The van der Waals surface area contributed by atoms with E-state index in [0.29, 0.717) is 5.16 Å². The summed E-state index contributed by atoms with van der Waals surface area (Å²) in [5, 5.41) is 3.77. The molecular formula is C20H21N3O2S2. The van der Waals surface area contributed by atoms with Gasteiger partial charge in [0.05, 0.1) is 10.6 Å². The van der Waals surface area contributed by atoms with Gasteiger partial charge in [-0.25, -0.2) is 4.98 Å². The molecule has 0 unspecified atom stereocenters. The largest absolute Gasteiger partial charge is 0.325 e. The fourth-order valence-electron chi connectivity index (χ4n) is 3.30. The number of benzene rings is 1. The minimum absolute atomic E-state index is 0.0898. The molecule has 0 saturated heterocycles. The lowest BCUT2D eigenvalue weighted by Gasteiger charge is -2.12. The van der Waals surface area contributed by atoms with E-state index in [1.165, 1.54) is 28.6 Å². The van der Waals surface area contributed by atoms with Crippen molar-refractivity contribution in [3.05, 3.63) is 50.6 Å². The van der Waals surface area contributed by atoms with E-state index in [9.17, 15) is 9.59 Å². The number of anilines is 1. The first-order chi connectivity index (χ1) is 13.0. The molecule has 3 aromatic rings. The number of amides is 1. The second-order valence-electron chi connectivity index (χ2n) is 6.88. The molecule has 0 bridgehead atoms. The van der Waals surface area contributed by atoms with Crippen LogP contribution in [0.15, 0.2) is 34.2 Å². The molecule has 1 amide bonds. The molecule has 4 rings (SSSR count). The van der Waals surface area contributed by atoms with E-state index in [-0.39, 0.29) is 16.7 Å². The fraction of sp³-hybridized carbons (Fsp3) is 0.350. The number of aromatic amines is 1. The maximum absolute atomic E-state index is 12.6. The van der Waals surface area contributed by atoms with E-state index in [2.05, 4.69) is 15.3 Å². The Morgan fingerprint density at radius 1 is 1.26 bits per heavy atom. The summed E-state index contributed by atoms with van der Waals surface area (Å²) in [6.07, 6.45) is 4.30. The first-order valence-corrected chi connectivity index (χ1v) is 10.8. The van der Waals surface area contributed by atoms with Gasteiger partial charge in [0, 0.05) is 10.6 Å². The van der Waals surface area contributed by atoms with Gasteiger partial charge in [-0.05, 0) is 57.2 Å². The number of aromatic nitrogens is 2. The monoisotopic (exact) mass is 399 g/mol. The number of carbonyl (C=O) groups excluding carboxylic acids is 1. The summed E-state index contributed by atoms with van der Waals surface area (Å²) in [6, 6.07) is 7.68. The number of hydrogen-bond acceptors (Lipinski definition) is 5. The van der Waals surface area contributed by atoms with Crippen LogP contribution in [0, 0.1) is 6.92 Å². The highest BCUT2D eigenvalue weighted by atomic mass is 32.2. The van der Waals surface area contributed by atoms with Crippen molar-refractivity contribution in [2.24, 2.45) is 0 Å². The first-order valence-electron chi connectivity index (χ1n) is 9.10. The molecule has 1 aliphatic rings. The Labute approximate surface area is 165 Å². The van der Waals surface area contributed by atoms with E-state index in [0.717, 1.165) is 40.7 Å². The lowest BCUT2D eigenvalue weighted by molar-refractivity contribution is -0.115. The standard InChI is InChI=1S/C20H21N3O2S2/c1-11-7-9-13(10-8-11)21-17(24)12(2)26-20-22-18(25)16-14-5-3-4-6-15(14)27-19(16)23-20/h7-10,12H,3-6H2,1-2H3,(H,21,24)(H,22,23,25)/t12-/m1/s1. The van der Waals surface area contributed by atoms with Crippen LogP contribution in [0.25, 0.3) is 10.2 Å². The Bertz CT molecular complexity index is 1050. The summed E-state index contributed by atoms with van der Waals surface area (Å²) < 4.78 is 0. The molecule has 0 saturated carbocycles. The van der Waals surface area contributed by atoms with Gasteiger partial charge in [-0.3, -0.25) is 9.59 Å². The average Bonchev–Trinajstić information content (AvgIpc) is 3.02. The molecule has 2 heterocycles. The van der Waals surface area contributed by atoms with Crippen molar-refractivity contribution in [2.45, 2.75) is 49.9 Å². The van der Waals surface area contributed by atoms with Gasteiger partial charge in [0.1, 0.15) is 4.83 Å². The molecule has 1 aromatic carbocycles. The third-order valence-electron chi connectivity index (χ3n) is 4.78. The summed E-state index contributed by atoms with van der Waals surface area (Å²) in [7, 11) is 0. The van der Waals surface area contributed by atoms with E-state index in [1.54, 1.807) is 11.3 Å². The van der Waals surface area contributed by atoms with Crippen LogP contribution in [0.5, 0.6) is 0 Å². The van der Waals surface area contributed by atoms with E-state index >= 15 is 0 Å². The third-order valence-corrected chi connectivity index (χ3v) is 6.95. The number of H-pyrrole nitrogens is 1. The van der Waals surface area contributed by atoms with Gasteiger partial charge in [0.15, 0.2) is 5.16 Å². The predicted octanol–water partition coefficient (Wildman–Crippen LogP) is 4.29. The van der Waals surface area contributed by atoms with Crippen LogP contribution >= 0.6 is 23.1 Å². The zero-order valence-electron chi connectivity index (χ0n) is 15.3. The number of rotatable bonds is 4. The van der Waals surface area contributed by atoms with Gasteiger partial charge in [-0.2, -0.15) is 0 Å². The van der Waals surface area contributed by atoms with Crippen molar-refractivity contribution >= 4 is 44.9 Å². The highest BCUT2D eigenvalue weighted by molar-refractivity contribution is 8.00. The van der Waals surface area contributed by atoms with Crippen LogP contribution in [0.4, 0.5) is 5.69 Å². The average molecular weight is 400 g/mol. The Hall–Kier alpha value is -2.12. The summed E-state index contributed by atoms with van der Waals surface area (Å²) >= 11 is 2.90. The maximum Gasteiger partial charge on any atom is 0.260 e. The summed E-state index contributed by atoms with van der Waals surface area (Å²) in [5.74, 6) is -0.114. The zero-order valence-corrected chi connectivity index (χ0v) is 16.9. The second-order valence-corrected chi connectivity index (χ2v) is 9.29. The molecule has 140 valence electrons. The lowest BCUT2D eigenvalue weighted by atomic mass is 9.97. The van der Waals surface area contributed by atoms with Crippen LogP contribution in [0.2, 0.25) is 0 Å². The van der Waals surface area contributed by atoms with Crippen LogP contribution in [-0.2, 0) is 17.6 Å². The molecule has 0 radical (unpaired) electrons. The van der Waals surface area contributed by atoms with Crippen molar-refractivity contribution in [2.75, 3.05) is 5.32 Å². The second kappa shape index (κ2) is 7.48. The highest BCUT2D eigenvalue weighted by Gasteiger charge is 2.21. The molecule has 0 spiro atoms. The molecule has 7 heteroatoms. The minimum atomic E-state index is -0.374. The number of carbonyl (C=O) groups is 1. The van der Waals surface area contributed by atoms with Crippen molar-refractivity contribution < 1.29 is 4.79 Å². The number of aryl methyl sites for hydroxylation is 3. The topological polar surface area (TPSA) is 74.8 Å². The highest BCUT2D eigenvalue weighted by Crippen LogP contribution is 2.34. The number of thiophene rings is 1. The zero-order chi connectivity index (χ0) is 19.0. The first kappa shape index (κ1) is 18.3. The smallest absolute Gasteiger partial charge is 0.260 e. The molecule has 1 aliphatic carbocycles. The quantitative estimate of drug-likeness (QED) is 0.507. The Balaban J connectivity index is 1.53. The fourth-order valence-corrected chi connectivity index (χ4v) is 5.42. The minimum Gasteiger partial charge on any atom is -0.325 e. The van der Waals surface area contributed by atoms with Crippen LogP contribution in [-0.4, -0.2) is 21.1 Å². The number of thioether (sulfide) groups is 1. The number of nitrogens with one attached hydrogen (secondary N) is 2. The molecule has 0 fully saturated rings. The van der Waals surface area contributed by atoms with Crippen LogP contribution < -0.4 is 10.9 Å². The van der Waals surface area contributed by atoms with Crippen molar-refractivity contribution in [1.82, 2.24) is 9.97 Å². The normalized spacial score (nSPS) is 14.7. The molecule has 2 N–H and O–H groups in total. The number of nitrogens with zero attached hydrogens (tertiary/aromatic N) is 1. The van der Waals surface area contributed by atoms with E-state index < -0.39 is 0 Å². The Kier molecular flexibility index (Phi) is 5.06. The number of fused-ring (bicyclic) bond motifs is 3. The van der Waals surface area contributed by atoms with Gasteiger partial charge in [-0.1, -0.05) is 29.5 Å². The molecular weight excluding hydrogens is 378 g/mol. The van der Waals surface area contributed by atoms with Gasteiger partial charge in [-0.15, -0.1) is 11.3 Å².